The normalized spacial score (nSPS) is 18.9. The number of nitrogens with one attached hydrogen (secondary N) is 1. The lowest BCUT2D eigenvalue weighted by Gasteiger charge is -2.26. The van der Waals surface area contributed by atoms with E-state index in [4.69, 9.17) is 0 Å². The van der Waals surface area contributed by atoms with E-state index in [9.17, 15) is 4.39 Å². The van der Waals surface area contributed by atoms with Gasteiger partial charge in [0.05, 0.1) is 6.04 Å². The maximum absolute atomic E-state index is 13.6. The van der Waals surface area contributed by atoms with E-state index in [2.05, 4.69) is 10.3 Å². The molecule has 3 nitrogen and oxygen atoms in total. The van der Waals surface area contributed by atoms with Gasteiger partial charge in [0.15, 0.2) is 0 Å². The topological polar surface area (TPSA) is 29.9 Å². The van der Waals surface area contributed by atoms with E-state index < -0.39 is 0 Å². The first-order valence-electron chi connectivity index (χ1n) is 5.37. The van der Waals surface area contributed by atoms with Crippen molar-refractivity contribution in [3.63, 3.8) is 0 Å². The van der Waals surface area contributed by atoms with Crippen molar-refractivity contribution in [2.24, 2.45) is 0 Å². The highest BCUT2D eigenvalue weighted by Crippen LogP contribution is 2.28. The highest BCUT2D eigenvalue weighted by atomic mass is 19.1. The van der Waals surface area contributed by atoms with Gasteiger partial charge in [-0.3, -0.25) is 0 Å². The number of fused-ring (bicyclic) bond motifs is 1. The molecule has 0 radical (unpaired) electrons. The zero-order valence-corrected chi connectivity index (χ0v) is 8.73. The molecule has 0 bridgehead atoms. The van der Waals surface area contributed by atoms with Gasteiger partial charge in [0.2, 0.25) is 5.95 Å². The molecule has 0 fully saturated rings. The average Bonchev–Trinajstić information content (AvgIpc) is 2.76. The molecule has 1 aromatic heterocycles. The van der Waals surface area contributed by atoms with Gasteiger partial charge in [-0.05, 0) is 12.5 Å². The molecule has 2 aromatic rings. The first kappa shape index (κ1) is 9.39. The summed E-state index contributed by atoms with van der Waals surface area (Å²) in [5.74, 6) is 0.666. The largest absolute Gasteiger partial charge is 0.349 e. The number of nitrogens with zero attached hydrogens (tertiary/aromatic N) is 2. The first-order valence-corrected chi connectivity index (χ1v) is 5.37. The minimum absolute atomic E-state index is 0.0242. The summed E-state index contributed by atoms with van der Waals surface area (Å²) in [6.07, 6.45) is 4.57. The van der Waals surface area contributed by atoms with Gasteiger partial charge in [0.25, 0.3) is 0 Å². The van der Waals surface area contributed by atoms with Crippen LogP contribution in [0.15, 0.2) is 36.7 Å². The number of rotatable bonds is 1. The predicted octanol–water partition coefficient (Wildman–Crippen LogP) is 2.58. The van der Waals surface area contributed by atoms with Crippen molar-refractivity contribution < 1.29 is 4.39 Å². The molecule has 16 heavy (non-hydrogen) atoms. The zero-order valence-electron chi connectivity index (χ0n) is 8.73. The van der Waals surface area contributed by atoms with E-state index in [-0.39, 0.29) is 11.9 Å². The lowest BCUT2D eigenvalue weighted by molar-refractivity contribution is 0.516. The number of halogens is 1. The second-order valence-corrected chi connectivity index (χ2v) is 3.95. The van der Waals surface area contributed by atoms with Crippen LogP contribution in [0.1, 0.15) is 18.0 Å². The number of aromatic nitrogens is 2. The molecule has 1 aliphatic rings. The fourth-order valence-electron chi connectivity index (χ4n) is 2.12. The molecule has 0 aliphatic carbocycles. The Hall–Kier alpha value is -1.84. The van der Waals surface area contributed by atoms with Gasteiger partial charge in [-0.1, -0.05) is 18.2 Å². The van der Waals surface area contributed by atoms with E-state index >= 15 is 0 Å². The molecule has 0 saturated carbocycles. The Morgan fingerprint density at radius 2 is 2.25 bits per heavy atom. The summed E-state index contributed by atoms with van der Waals surface area (Å²) >= 11 is 0. The summed E-state index contributed by atoms with van der Waals surface area (Å²) in [7, 11) is 0. The number of anilines is 1. The number of hydrogen-bond acceptors (Lipinski definition) is 2. The van der Waals surface area contributed by atoms with Crippen LogP contribution in [0.2, 0.25) is 0 Å². The number of aryl methyl sites for hydroxylation is 1. The van der Waals surface area contributed by atoms with Crippen LogP contribution in [0.4, 0.5) is 10.3 Å². The van der Waals surface area contributed by atoms with Crippen LogP contribution < -0.4 is 5.32 Å². The van der Waals surface area contributed by atoms with Crippen molar-refractivity contribution in [2.45, 2.75) is 19.0 Å². The fourth-order valence-corrected chi connectivity index (χ4v) is 2.12. The molecule has 0 spiro atoms. The van der Waals surface area contributed by atoms with Crippen molar-refractivity contribution in [3.8, 4) is 0 Å². The predicted molar refractivity (Wildman–Crippen MR) is 59.6 cm³/mol. The van der Waals surface area contributed by atoms with Gasteiger partial charge in [-0.15, -0.1) is 0 Å². The van der Waals surface area contributed by atoms with Gasteiger partial charge in [0.1, 0.15) is 5.82 Å². The van der Waals surface area contributed by atoms with Crippen molar-refractivity contribution in [2.75, 3.05) is 5.32 Å². The van der Waals surface area contributed by atoms with Crippen LogP contribution in [0.25, 0.3) is 0 Å². The molecular formula is C12H12FN3. The monoisotopic (exact) mass is 217 g/mol. The molecule has 1 aliphatic heterocycles. The number of imidazole rings is 1. The minimum Gasteiger partial charge on any atom is -0.349 e. The maximum atomic E-state index is 13.6. The summed E-state index contributed by atoms with van der Waals surface area (Å²) in [5, 5.41) is 3.25. The summed E-state index contributed by atoms with van der Waals surface area (Å²) in [6.45, 7) is 0.876. The van der Waals surface area contributed by atoms with Crippen molar-refractivity contribution in [1.82, 2.24) is 9.55 Å². The van der Waals surface area contributed by atoms with Crippen LogP contribution in [-0.4, -0.2) is 9.55 Å². The molecule has 0 amide bonds. The SMILES string of the molecule is Fc1ccccc1C1CCn2ccnc2N1. The van der Waals surface area contributed by atoms with Gasteiger partial charge in [0, 0.05) is 24.5 Å². The number of hydrogen-bond donors (Lipinski definition) is 1. The molecule has 1 aromatic carbocycles. The summed E-state index contributed by atoms with van der Waals surface area (Å²) in [5.41, 5.74) is 0.719. The Bertz CT molecular complexity index is 506. The molecular weight excluding hydrogens is 205 g/mol. The van der Waals surface area contributed by atoms with Crippen molar-refractivity contribution >= 4 is 5.95 Å². The first-order chi connectivity index (χ1) is 7.84. The highest BCUT2D eigenvalue weighted by molar-refractivity contribution is 5.35. The van der Waals surface area contributed by atoms with E-state index in [0.29, 0.717) is 0 Å². The third kappa shape index (κ3) is 1.46. The Morgan fingerprint density at radius 1 is 1.38 bits per heavy atom. The van der Waals surface area contributed by atoms with E-state index in [1.54, 1.807) is 12.3 Å². The third-order valence-electron chi connectivity index (χ3n) is 2.96. The molecule has 0 saturated heterocycles. The maximum Gasteiger partial charge on any atom is 0.203 e. The third-order valence-corrected chi connectivity index (χ3v) is 2.96. The van der Waals surface area contributed by atoms with Gasteiger partial charge in [-0.2, -0.15) is 0 Å². The van der Waals surface area contributed by atoms with Gasteiger partial charge < -0.3 is 9.88 Å². The molecule has 4 heteroatoms. The van der Waals surface area contributed by atoms with Crippen LogP contribution in [0.5, 0.6) is 0 Å². The Kier molecular flexibility index (Phi) is 2.13. The van der Waals surface area contributed by atoms with Gasteiger partial charge in [-0.25, -0.2) is 9.37 Å². The van der Waals surface area contributed by atoms with Crippen LogP contribution in [0, 0.1) is 5.82 Å². The molecule has 2 heterocycles. The lowest BCUT2D eigenvalue weighted by Crippen LogP contribution is -2.22. The standard InChI is InChI=1S/C12H12FN3/c13-10-4-2-1-3-9(10)11-5-7-16-8-6-14-12(16)15-11/h1-4,6,8,11H,5,7H2,(H,14,15). The van der Waals surface area contributed by atoms with Crippen LogP contribution in [0.3, 0.4) is 0 Å². The highest BCUT2D eigenvalue weighted by Gasteiger charge is 2.21. The average molecular weight is 217 g/mol. The molecule has 3 rings (SSSR count). The second-order valence-electron chi connectivity index (χ2n) is 3.95. The van der Waals surface area contributed by atoms with Crippen molar-refractivity contribution in [1.29, 1.82) is 0 Å². The summed E-state index contributed by atoms with van der Waals surface area (Å²) in [6, 6.07) is 6.92. The second kappa shape index (κ2) is 3.63. The van der Waals surface area contributed by atoms with E-state index in [1.807, 2.05) is 22.9 Å². The van der Waals surface area contributed by atoms with Crippen molar-refractivity contribution in [3.05, 3.63) is 48.0 Å². The van der Waals surface area contributed by atoms with Crippen LogP contribution >= 0.6 is 0 Å². The molecule has 1 atom stereocenters. The summed E-state index contributed by atoms with van der Waals surface area (Å²) < 4.78 is 15.6. The fraction of sp³-hybridized carbons (Fsp3) is 0.250. The summed E-state index contributed by atoms with van der Waals surface area (Å²) in [4.78, 5) is 4.19. The van der Waals surface area contributed by atoms with Crippen LogP contribution in [-0.2, 0) is 6.54 Å². The number of benzene rings is 1. The smallest absolute Gasteiger partial charge is 0.203 e. The molecule has 1 N–H and O–H groups in total. The Morgan fingerprint density at radius 3 is 3.12 bits per heavy atom. The van der Waals surface area contributed by atoms with Gasteiger partial charge >= 0.3 is 0 Å². The quantitative estimate of drug-likeness (QED) is 0.795. The zero-order chi connectivity index (χ0) is 11.0. The van der Waals surface area contributed by atoms with E-state index in [1.165, 1.54) is 6.07 Å². The lowest BCUT2D eigenvalue weighted by atomic mass is 10.0. The molecule has 1 unspecified atom stereocenters. The molecule has 82 valence electrons. The Labute approximate surface area is 92.9 Å². The van der Waals surface area contributed by atoms with E-state index in [0.717, 1.165) is 24.5 Å². The Balaban J connectivity index is 1.92. The minimum atomic E-state index is -0.153.